The fourth-order valence-corrected chi connectivity index (χ4v) is 2.20. The van der Waals surface area contributed by atoms with Gasteiger partial charge in [0.2, 0.25) is 11.9 Å². The van der Waals surface area contributed by atoms with Crippen LogP contribution in [0.15, 0.2) is 36.7 Å². The molecule has 2 aromatic rings. The largest absolute Gasteiger partial charge is 0.352 e. The molecule has 1 heterocycles. The monoisotopic (exact) mass is 341 g/mol. The molecule has 0 radical (unpaired) electrons. The van der Waals surface area contributed by atoms with E-state index in [-0.39, 0.29) is 11.8 Å². The molecule has 0 spiro atoms. The van der Waals surface area contributed by atoms with Crippen LogP contribution in [0.1, 0.15) is 43.5 Å². The van der Waals surface area contributed by atoms with Crippen LogP contribution in [0.25, 0.3) is 0 Å². The number of nitrogens with one attached hydrogen (secondary N) is 3. The van der Waals surface area contributed by atoms with E-state index in [0.29, 0.717) is 23.7 Å². The average molecular weight is 341 g/mol. The van der Waals surface area contributed by atoms with Crippen LogP contribution < -0.4 is 16.0 Å². The third kappa shape index (κ3) is 6.21. The van der Waals surface area contributed by atoms with Crippen molar-refractivity contribution in [2.24, 2.45) is 0 Å². The highest BCUT2D eigenvalue weighted by Crippen LogP contribution is 2.17. The molecule has 0 unspecified atom stereocenters. The number of hydrogen-bond donors (Lipinski definition) is 3. The number of hydrogen-bond acceptors (Lipinski definition) is 5. The molecule has 0 fully saturated rings. The summed E-state index contributed by atoms with van der Waals surface area (Å²) >= 11 is 0. The van der Waals surface area contributed by atoms with Gasteiger partial charge in [0.25, 0.3) is 5.91 Å². The van der Waals surface area contributed by atoms with Crippen LogP contribution in [-0.2, 0) is 4.79 Å². The van der Waals surface area contributed by atoms with E-state index >= 15 is 0 Å². The maximum atomic E-state index is 12.0. The van der Waals surface area contributed by atoms with Crippen LogP contribution >= 0.6 is 0 Å². The van der Waals surface area contributed by atoms with E-state index < -0.39 is 0 Å². The van der Waals surface area contributed by atoms with Gasteiger partial charge >= 0.3 is 0 Å². The van der Waals surface area contributed by atoms with Gasteiger partial charge in [-0.1, -0.05) is 25.8 Å². The number of aromatic nitrogens is 2. The first-order valence-electron chi connectivity index (χ1n) is 8.33. The summed E-state index contributed by atoms with van der Waals surface area (Å²) in [5, 5.41) is 8.60. The zero-order valence-electron chi connectivity index (χ0n) is 14.5. The van der Waals surface area contributed by atoms with Gasteiger partial charge in [0.1, 0.15) is 0 Å². The third-order valence-electron chi connectivity index (χ3n) is 3.42. The second kappa shape index (κ2) is 9.36. The van der Waals surface area contributed by atoms with Crippen LogP contribution in [-0.4, -0.2) is 28.3 Å². The summed E-state index contributed by atoms with van der Waals surface area (Å²) in [5.74, 6) is 0.0699. The van der Waals surface area contributed by atoms with Crippen molar-refractivity contribution in [1.29, 1.82) is 0 Å². The molecule has 0 atom stereocenters. The van der Waals surface area contributed by atoms with Crippen molar-refractivity contribution >= 4 is 29.1 Å². The Morgan fingerprint density at radius 3 is 2.48 bits per heavy atom. The Hall–Kier alpha value is -2.96. The zero-order valence-corrected chi connectivity index (χ0v) is 14.5. The number of nitrogens with zero attached hydrogens (tertiary/aromatic N) is 2. The van der Waals surface area contributed by atoms with Gasteiger partial charge in [-0.25, -0.2) is 9.97 Å². The minimum Gasteiger partial charge on any atom is -0.352 e. The highest BCUT2D eigenvalue weighted by atomic mass is 16.2. The normalized spacial score (nSPS) is 10.2. The lowest BCUT2D eigenvalue weighted by Crippen LogP contribution is -2.24. The van der Waals surface area contributed by atoms with Crippen molar-refractivity contribution in [3.63, 3.8) is 0 Å². The molecule has 0 aliphatic rings. The lowest BCUT2D eigenvalue weighted by molar-refractivity contribution is -0.114. The number of amides is 2. The summed E-state index contributed by atoms with van der Waals surface area (Å²) in [6.07, 6.45) is 6.15. The Labute approximate surface area is 147 Å². The number of unbranched alkanes of at least 4 members (excludes halogenated alkanes) is 2. The lowest BCUT2D eigenvalue weighted by atomic mass is 10.2. The summed E-state index contributed by atoms with van der Waals surface area (Å²) in [6.45, 7) is 4.23. The van der Waals surface area contributed by atoms with Gasteiger partial charge in [-0.2, -0.15) is 0 Å². The van der Waals surface area contributed by atoms with E-state index in [2.05, 4.69) is 32.8 Å². The number of benzene rings is 1. The van der Waals surface area contributed by atoms with Gasteiger partial charge in [-0.05, 0) is 24.6 Å². The van der Waals surface area contributed by atoms with Gasteiger partial charge in [0.15, 0.2) is 0 Å². The lowest BCUT2D eigenvalue weighted by Gasteiger charge is -2.08. The summed E-state index contributed by atoms with van der Waals surface area (Å²) in [5.41, 5.74) is 1.85. The molecule has 0 aliphatic carbocycles. The summed E-state index contributed by atoms with van der Waals surface area (Å²) in [7, 11) is 0. The number of rotatable bonds is 8. The second-order valence-electron chi connectivity index (χ2n) is 5.65. The average Bonchev–Trinajstić information content (AvgIpc) is 2.59. The molecule has 1 aromatic carbocycles. The van der Waals surface area contributed by atoms with Crippen molar-refractivity contribution < 1.29 is 9.59 Å². The Kier molecular flexibility index (Phi) is 6.88. The molecular weight excluding hydrogens is 318 g/mol. The molecular formula is C18H23N5O2. The molecule has 0 saturated heterocycles. The highest BCUT2D eigenvalue weighted by molar-refractivity contribution is 5.93. The van der Waals surface area contributed by atoms with E-state index in [4.69, 9.17) is 0 Å². The molecule has 25 heavy (non-hydrogen) atoms. The predicted molar refractivity (Wildman–Crippen MR) is 97.9 cm³/mol. The molecule has 2 rings (SSSR count). The van der Waals surface area contributed by atoms with Crippen molar-refractivity contribution in [2.75, 3.05) is 17.2 Å². The van der Waals surface area contributed by atoms with Gasteiger partial charge in [-0.15, -0.1) is 0 Å². The summed E-state index contributed by atoms with van der Waals surface area (Å²) in [6, 6.07) is 7.22. The molecule has 1 aromatic heterocycles. The molecule has 3 N–H and O–H groups in total. The van der Waals surface area contributed by atoms with Crippen LogP contribution in [0.4, 0.5) is 17.3 Å². The van der Waals surface area contributed by atoms with E-state index in [1.54, 1.807) is 12.1 Å². The number of carbonyl (C=O) groups is 2. The topological polar surface area (TPSA) is 96.0 Å². The minimum absolute atomic E-state index is 0.136. The van der Waals surface area contributed by atoms with Crippen molar-refractivity contribution in [1.82, 2.24) is 15.3 Å². The van der Waals surface area contributed by atoms with Crippen molar-refractivity contribution in [2.45, 2.75) is 33.1 Å². The highest BCUT2D eigenvalue weighted by Gasteiger charge is 2.07. The zero-order chi connectivity index (χ0) is 18.1. The fourth-order valence-electron chi connectivity index (χ4n) is 2.20. The van der Waals surface area contributed by atoms with Crippen LogP contribution in [0, 0.1) is 0 Å². The molecule has 0 bridgehead atoms. The van der Waals surface area contributed by atoms with Gasteiger partial charge < -0.3 is 16.0 Å². The van der Waals surface area contributed by atoms with Gasteiger partial charge in [0, 0.05) is 37.2 Å². The van der Waals surface area contributed by atoms with E-state index in [1.165, 1.54) is 19.3 Å². The summed E-state index contributed by atoms with van der Waals surface area (Å²) < 4.78 is 0. The van der Waals surface area contributed by atoms with E-state index in [9.17, 15) is 9.59 Å². The third-order valence-corrected chi connectivity index (χ3v) is 3.42. The van der Waals surface area contributed by atoms with Crippen LogP contribution in [0.5, 0.6) is 0 Å². The van der Waals surface area contributed by atoms with Crippen molar-refractivity contribution in [3.05, 3.63) is 42.2 Å². The van der Waals surface area contributed by atoms with Gasteiger partial charge in [-0.3, -0.25) is 9.59 Å². The minimum atomic E-state index is -0.171. The standard InChI is InChI=1S/C18H23N5O2/c1-3-4-5-9-19-17(25)14-11-20-18(21-12-14)23-16-8-6-7-15(10-16)22-13(2)24/h6-8,10-12H,3-5,9H2,1-2H3,(H,19,25)(H,22,24)(H,20,21,23). The molecule has 2 amide bonds. The first kappa shape index (κ1) is 18.4. The Bertz CT molecular complexity index is 716. The predicted octanol–water partition coefficient (Wildman–Crippen LogP) is 3.10. The molecule has 0 aliphatic heterocycles. The molecule has 7 heteroatoms. The molecule has 132 valence electrons. The number of anilines is 3. The Morgan fingerprint density at radius 1 is 1.08 bits per heavy atom. The Balaban J connectivity index is 1.94. The quantitative estimate of drug-likeness (QED) is 0.641. The van der Waals surface area contributed by atoms with E-state index in [0.717, 1.165) is 24.9 Å². The van der Waals surface area contributed by atoms with E-state index in [1.807, 2.05) is 12.1 Å². The van der Waals surface area contributed by atoms with Crippen molar-refractivity contribution in [3.8, 4) is 0 Å². The fraction of sp³-hybridized carbons (Fsp3) is 0.333. The smallest absolute Gasteiger partial charge is 0.254 e. The SMILES string of the molecule is CCCCCNC(=O)c1cnc(Nc2cccc(NC(C)=O)c2)nc1. The maximum absolute atomic E-state index is 12.0. The summed E-state index contributed by atoms with van der Waals surface area (Å²) in [4.78, 5) is 31.4. The first-order chi connectivity index (χ1) is 12.1. The first-order valence-corrected chi connectivity index (χ1v) is 8.33. The maximum Gasteiger partial charge on any atom is 0.254 e. The Morgan fingerprint density at radius 2 is 1.80 bits per heavy atom. The van der Waals surface area contributed by atoms with Crippen LogP contribution in [0.3, 0.4) is 0 Å². The number of carbonyl (C=O) groups excluding carboxylic acids is 2. The molecule has 7 nitrogen and oxygen atoms in total. The molecule has 0 saturated carbocycles. The van der Waals surface area contributed by atoms with Crippen LogP contribution in [0.2, 0.25) is 0 Å². The second-order valence-corrected chi connectivity index (χ2v) is 5.65. The van der Waals surface area contributed by atoms with Gasteiger partial charge in [0.05, 0.1) is 5.56 Å².